The molecule has 1 rings (SSSR count). The molecule has 0 radical (unpaired) electrons. The first-order valence-corrected chi connectivity index (χ1v) is 8.53. The molecule has 1 atom stereocenters. The van der Waals surface area contributed by atoms with E-state index in [1.54, 1.807) is 0 Å². The Bertz CT molecular complexity index is 602. The van der Waals surface area contributed by atoms with E-state index in [1.807, 2.05) is 6.92 Å². The number of thiol groups is 2. The second-order valence-corrected chi connectivity index (χ2v) is 7.38. The maximum absolute atomic E-state index is 4.83. The zero-order valence-electron chi connectivity index (χ0n) is 14.5. The molecule has 0 amide bonds. The summed E-state index contributed by atoms with van der Waals surface area (Å²) >= 11 is 9.60. The first-order chi connectivity index (χ1) is 10.2. The van der Waals surface area contributed by atoms with Gasteiger partial charge in [-0.25, -0.2) is 0 Å². The number of hydrogen-bond acceptors (Lipinski definition) is 2. The van der Waals surface area contributed by atoms with Gasteiger partial charge in [0.05, 0.1) is 0 Å². The monoisotopic (exact) mass is 332 g/mol. The number of rotatable bonds is 5. The van der Waals surface area contributed by atoms with Crippen LogP contribution in [0.2, 0.25) is 0 Å². The molecular weight excluding hydrogens is 304 g/mol. The van der Waals surface area contributed by atoms with Crippen LogP contribution in [0.25, 0.3) is 0 Å². The van der Waals surface area contributed by atoms with Crippen molar-refractivity contribution in [3.05, 3.63) is 68.6 Å². The minimum absolute atomic E-state index is 0.224. The fourth-order valence-corrected chi connectivity index (χ4v) is 3.66. The lowest BCUT2D eigenvalue weighted by Gasteiger charge is -2.31. The molecule has 0 spiro atoms. The maximum atomic E-state index is 4.83. The van der Waals surface area contributed by atoms with Crippen LogP contribution in [0.15, 0.2) is 68.6 Å². The minimum Gasteiger partial charge on any atom is -0.147 e. The molecule has 120 valence electrons. The van der Waals surface area contributed by atoms with E-state index in [0.29, 0.717) is 0 Å². The van der Waals surface area contributed by atoms with Crippen LogP contribution in [0.5, 0.6) is 0 Å². The van der Waals surface area contributed by atoms with Gasteiger partial charge in [0.15, 0.2) is 0 Å². The van der Waals surface area contributed by atoms with Gasteiger partial charge in [-0.2, -0.15) is 0 Å². The third-order valence-electron chi connectivity index (χ3n) is 3.81. The Hall–Kier alpha value is -0.860. The van der Waals surface area contributed by atoms with Crippen LogP contribution in [0.1, 0.15) is 47.5 Å². The highest BCUT2D eigenvalue weighted by molar-refractivity contribution is 7.86. The van der Waals surface area contributed by atoms with Crippen LogP contribution in [-0.4, -0.2) is 0 Å². The molecule has 0 fully saturated rings. The van der Waals surface area contributed by atoms with Crippen molar-refractivity contribution < 1.29 is 0 Å². The Balaban J connectivity index is 3.38. The first kappa shape index (κ1) is 19.2. The topological polar surface area (TPSA) is 0 Å². The highest BCUT2D eigenvalue weighted by atomic mass is 32.1. The molecule has 0 aromatic heterocycles. The van der Waals surface area contributed by atoms with Gasteiger partial charge < -0.3 is 0 Å². The Morgan fingerprint density at radius 2 is 1.59 bits per heavy atom. The van der Waals surface area contributed by atoms with Crippen molar-refractivity contribution >= 4 is 25.3 Å². The maximum Gasteiger partial charge on any atom is 0.0185 e. The van der Waals surface area contributed by atoms with Crippen molar-refractivity contribution in [3.8, 4) is 0 Å². The highest BCUT2D eigenvalue weighted by Gasteiger charge is 2.28. The van der Waals surface area contributed by atoms with Crippen molar-refractivity contribution in [3.63, 3.8) is 0 Å². The van der Waals surface area contributed by atoms with Crippen molar-refractivity contribution in [1.29, 1.82) is 0 Å². The lowest BCUT2D eigenvalue weighted by atomic mass is 9.80. The van der Waals surface area contributed by atoms with Gasteiger partial charge in [-0.3, -0.25) is 0 Å². The molecule has 0 saturated carbocycles. The fourth-order valence-electron chi connectivity index (χ4n) is 2.56. The third kappa shape index (κ3) is 4.57. The summed E-state index contributed by atoms with van der Waals surface area (Å²) in [6, 6.07) is 0. The Labute approximate surface area is 147 Å². The lowest BCUT2D eigenvalue weighted by molar-refractivity contribution is 0.752. The predicted octanol–water partition coefficient (Wildman–Crippen LogP) is 6.83. The van der Waals surface area contributed by atoms with Crippen molar-refractivity contribution in [2.24, 2.45) is 5.92 Å². The van der Waals surface area contributed by atoms with Crippen LogP contribution >= 0.6 is 25.3 Å². The van der Waals surface area contributed by atoms with E-state index in [-0.39, 0.29) is 5.92 Å². The highest BCUT2D eigenvalue weighted by Crippen LogP contribution is 2.46. The van der Waals surface area contributed by atoms with Crippen LogP contribution in [0.4, 0.5) is 0 Å². The molecule has 1 aliphatic carbocycles. The molecular formula is C20H28S2. The van der Waals surface area contributed by atoms with Gasteiger partial charge in [-0.1, -0.05) is 36.5 Å². The van der Waals surface area contributed by atoms with Crippen molar-refractivity contribution in [2.45, 2.75) is 47.5 Å². The smallest absolute Gasteiger partial charge is 0.0185 e. The molecule has 0 N–H and O–H groups in total. The molecule has 1 unspecified atom stereocenters. The Morgan fingerprint density at radius 1 is 1.05 bits per heavy atom. The second kappa shape index (κ2) is 8.12. The first-order valence-electron chi connectivity index (χ1n) is 7.64. The van der Waals surface area contributed by atoms with Crippen molar-refractivity contribution in [1.82, 2.24) is 0 Å². The molecule has 2 heteroatoms. The van der Waals surface area contributed by atoms with E-state index < -0.39 is 0 Å². The second-order valence-electron chi connectivity index (χ2n) is 6.45. The van der Waals surface area contributed by atoms with Gasteiger partial charge in [-0.05, 0) is 74.7 Å². The van der Waals surface area contributed by atoms with Gasteiger partial charge in [0.2, 0.25) is 0 Å². The summed E-state index contributed by atoms with van der Waals surface area (Å²) in [6.45, 7) is 18.9. The Morgan fingerprint density at radius 3 is 2.05 bits per heavy atom. The van der Waals surface area contributed by atoms with E-state index >= 15 is 0 Å². The van der Waals surface area contributed by atoms with Gasteiger partial charge in [0.1, 0.15) is 0 Å². The van der Waals surface area contributed by atoms with Gasteiger partial charge >= 0.3 is 0 Å². The van der Waals surface area contributed by atoms with E-state index in [0.717, 1.165) is 39.4 Å². The minimum atomic E-state index is 0.224. The summed E-state index contributed by atoms with van der Waals surface area (Å²) in [4.78, 5) is 2.07. The van der Waals surface area contributed by atoms with Gasteiger partial charge in [0, 0.05) is 10.8 Å². The van der Waals surface area contributed by atoms with E-state index in [1.165, 1.54) is 16.7 Å². The number of allylic oxidation sites excluding steroid dienone is 9. The molecule has 0 aromatic rings. The third-order valence-corrected chi connectivity index (χ3v) is 4.88. The van der Waals surface area contributed by atoms with Crippen LogP contribution in [0, 0.1) is 5.92 Å². The summed E-state index contributed by atoms with van der Waals surface area (Å²) in [6.07, 6.45) is 6.26. The number of hydrogen-bond donors (Lipinski definition) is 2. The van der Waals surface area contributed by atoms with E-state index in [2.05, 4.69) is 53.0 Å². The zero-order chi connectivity index (χ0) is 17.0. The molecule has 0 bridgehead atoms. The zero-order valence-corrected chi connectivity index (χ0v) is 16.2. The predicted molar refractivity (Wildman–Crippen MR) is 108 cm³/mol. The summed E-state index contributed by atoms with van der Waals surface area (Å²) in [5, 5.41) is 0. The summed E-state index contributed by atoms with van der Waals surface area (Å²) < 4.78 is 0. The standard InChI is InChI=1S/C20H28S2/c1-12(2)8-10-16-15(7)18(14(5)6)20(22)17(19(16)21)11-9-13(3)4/h8-9,16,21-22H,5,7,10-11H2,1-4,6H3. The molecule has 0 nitrogen and oxygen atoms in total. The average molecular weight is 333 g/mol. The molecule has 0 heterocycles. The van der Waals surface area contributed by atoms with E-state index in [4.69, 9.17) is 25.3 Å². The molecule has 1 aliphatic rings. The molecule has 0 aromatic carbocycles. The summed E-state index contributed by atoms with van der Waals surface area (Å²) in [5.74, 6) is 0.224. The van der Waals surface area contributed by atoms with Crippen molar-refractivity contribution in [2.75, 3.05) is 0 Å². The Kier molecular flexibility index (Phi) is 7.08. The summed E-state index contributed by atoms with van der Waals surface area (Å²) in [5.41, 5.74) is 7.03. The van der Waals surface area contributed by atoms with Gasteiger partial charge in [-0.15, -0.1) is 25.3 Å². The largest absolute Gasteiger partial charge is 0.147 e. The van der Waals surface area contributed by atoms with Crippen LogP contribution in [-0.2, 0) is 0 Å². The molecule has 0 aliphatic heterocycles. The van der Waals surface area contributed by atoms with E-state index in [9.17, 15) is 0 Å². The average Bonchev–Trinajstić information content (AvgIpc) is 2.36. The quantitative estimate of drug-likeness (QED) is 0.400. The summed E-state index contributed by atoms with van der Waals surface area (Å²) in [7, 11) is 0. The lowest BCUT2D eigenvalue weighted by Crippen LogP contribution is -2.15. The molecule has 0 saturated heterocycles. The van der Waals surface area contributed by atoms with Gasteiger partial charge in [0.25, 0.3) is 0 Å². The van der Waals surface area contributed by atoms with Crippen LogP contribution < -0.4 is 0 Å². The van der Waals surface area contributed by atoms with Crippen LogP contribution in [0.3, 0.4) is 0 Å². The molecule has 22 heavy (non-hydrogen) atoms. The SMILES string of the molecule is C=C(C)C1=C(S)C(CC=C(C)C)=C(S)C(CC=C(C)C)C1=C. The normalized spacial score (nSPS) is 18.5. The fraction of sp³-hybridized carbons (Fsp3) is 0.400.